The molecule has 2 aromatic carbocycles. The second kappa shape index (κ2) is 17.2. The molecule has 3 aliphatic heterocycles. The van der Waals surface area contributed by atoms with E-state index in [1.807, 2.05) is 12.3 Å². The van der Waals surface area contributed by atoms with Crippen LogP contribution in [-0.4, -0.2) is 71.3 Å². The summed E-state index contributed by atoms with van der Waals surface area (Å²) in [6.07, 6.45) is 4.58. The molecule has 1 fully saturated rings. The van der Waals surface area contributed by atoms with Gasteiger partial charge < -0.3 is 38.5 Å². The van der Waals surface area contributed by atoms with Gasteiger partial charge in [-0.1, -0.05) is 27.7 Å². The number of rotatable bonds is 3. The minimum atomic E-state index is -0.339. The molecule has 0 bridgehead atoms. The Hall–Kier alpha value is -1.30. The fraction of sp³-hybridized carbons (Fsp3) is 0.529. The fourth-order valence-electron chi connectivity index (χ4n) is 6.44. The summed E-state index contributed by atoms with van der Waals surface area (Å²) in [4.78, 5) is 18.8. The molecule has 0 radical (unpaired) electrons. The van der Waals surface area contributed by atoms with E-state index < -0.39 is 0 Å². The number of anilines is 2. The monoisotopic (exact) mass is 776 g/mol. The van der Waals surface area contributed by atoms with Crippen LogP contribution in [-0.2, 0) is 15.6 Å². The summed E-state index contributed by atoms with van der Waals surface area (Å²) in [7, 11) is 0. The molecule has 1 N–H and O–H groups in total. The Morgan fingerprint density at radius 3 is 1.98 bits per heavy atom. The Kier molecular flexibility index (Phi) is 15.9. The van der Waals surface area contributed by atoms with Gasteiger partial charge >= 0.3 is 23.1 Å². The number of nitro groups is 1. The van der Waals surface area contributed by atoms with E-state index in [4.69, 9.17) is 4.74 Å². The summed E-state index contributed by atoms with van der Waals surface area (Å²) < 4.78 is 6.67. The summed E-state index contributed by atoms with van der Waals surface area (Å²) in [6.45, 7) is 28.8. The van der Waals surface area contributed by atoms with Gasteiger partial charge in [0.15, 0.2) is 0 Å². The van der Waals surface area contributed by atoms with E-state index in [0.29, 0.717) is 16.6 Å². The van der Waals surface area contributed by atoms with Crippen molar-refractivity contribution in [3.63, 3.8) is 0 Å². The van der Waals surface area contributed by atoms with Crippen LogP contribution in [0, 0.1) is 16.7 Å². The molecule has 2 atom stereocenters. The predicted octanol–water partition coefficient (Wildman–Crippen LogP) is 6.33. The molecule has 3 aliphatic rings. The molecule has 0 aliphatic carbocycles. The first-order valence-corrected chi connectivity index (χ1v) is 16.7. The van der Waals surface area contributed by atoms with Crippen molar-refractivity contribution >= 4 is 82.9 Å². The summed E-state index contributed by atoms with van der Waals surface area (Å²) in [5, 5.41) is 12.3. The van der Waals surface area contributed by atoms with Gasteiger partial charge in [0.05, 0.1) is 20.6 Å². The number of halogens is 3. The van der Waals surface area contributed by atoms with Gasteiger partial charge in [-0.3, -0.25) is 16.7 Å². The zero-order valence-electron chi connectivity index (χ0n) is 28.0. The van der Waals surface area contributed by atoms with Gasteiger partial charge in [0.25, 0.3) is 5.69 Å². The zero-order valence-corrected chi connectivity index (χ0v) is 33.3. The van der Waals surface area contributed by atoms with Crippen LogP contribution < -0.4 is 22.2 Å². The van der Waals surface area contributed by atoms with Crippen molar-refractivity contribution in [2.75, 3.05) is 36.1 Å². The van der Waals surface area contributed by atoms with Gasteiger partial charge in [-0.15, -0.1) is 0 Å². The van der Waals surface area contributed by atoms with E-state index in [9.17, 15) is 10.1 Å². The number of hydrogen-bond acceptors (Lipinski definition) is 5. The van der Waals surface area contributed by atoms with E-state index in [1.54, 1.807) is 6.07 Å². The Labute approximate surface area is 308 Å². The molecule has 0 spiro atoms. The van der Waals surface area contributed by atoms with Gasteiger partial charge in [-0.25, -0.2) is 0 Å². The van der Waals surface area contributed by atoms with Gasteiger partial charge in [0.2, 0.25) is 0 Å². The van der Waals surface area contributed by atoms with E-state index in [2.05, 4.69) is 127 Å². The molecule has 7 nitrogen and oxygen atoms in total. The Bertz CT molecular complexity index is 1440. The third-order valence-electron chi connectivity index (χ3n) is 9.55. The number of nitrogens with zero attached hydrogens (tertiary/aromatic N) is 3. The van der Waals surface area contributed by atoms with Crippen LogP contribution in [0.3, 0.4) is 0 Å². The molecular weight excluding hydrogens is 732 g/mol. The van der Waals surface area contributed by atoms with Crippen LogP contribution in [0.2, 0.25) is 0 Å². The molecule has 1 saturated heterocycles. The van der Waals surface area contributed by atoms with Gasteiger partial charge in [-0.2, -0.15) is 0 Å². The zero-order chi connectivity index (χ0) is 32.3. The molecular formula is C34H47Br2ClMgN4O3. The topological polar surface area (TPSA) is 74.6 Å². The largest absolute Gasteiger partial charge is 2.00 e. The number of fused-ring (bicyclic) bond motifs is 4. The number of aromatic amines is 1. The van der Waals surface area contributed by atoms with Crippen LogP contribution in [0.15, 0.2) is 46.0 Å². The van der Waals surface area contributed by atoms with Gasteiger partial charge in [0, 0.05) is 77.0 Å². The minimum absolute atomic E-state index is 0. The smallest absolute Gasteiger partial charge is 1.00 e. The Morgan fingerprint density at radius 1 is 0.978 bits per heavy atom. The van der Waals surface area contributed by atoms with Crippen molar-refractivity contribution in [3.05, 3.63) is 73.8 Å². The molecule has 3 aromatic rings. The molecule has 6 rings (SSSR count). The number of aromatic nitrogens is 1. The number of hydrogen-bond donors (Lipinski definition) is 1. The Morgan fingerprint density at radius 2 is 1.49 bits per heavy atom. The van der Waals surface area contributed by atoms with Crippen LogP contribution >= 0.6 is 31.9 Å². The molecule has 4 heterocycles. The average molecular weight is 779 g/mol. The molecule has 0 amide bonds. The van der Waals surface area contributed by atoms with E-state index in [0.717, 1.165) is 32.0 Å². The number of nitrogens with one attached hydrogen (secondary N) is 1. The first kappa shape index (κ1) is 41.7. The molecule has 45 heavy (non-hydrogen) atoms. The van der Waals surface area contributed by atoms with E-state index >= 15 is 0 Å². The van der Waals surface area contributed by atoms with Crippen LogP contribution in [0.25, 0.3) is 10.9 Å². The van der Waals surface area contributed by atoms with Gasteiger partial charge in [-0.05, 0) is 102 Å². The van der Waals surface area contributed by atoms with Crippen LogP contribution in [0.5, 0.6) is 0 Å². The van der Waals surface area contributed by atoms with Gasteiger partial charge in [0.1, 0.15) is 0 Å². The number of benzene rings is 2. The number of likely N-dealkylation sites (N-methyl/N-ethyl adjacent to an activating group) is 2. The van der Waals surface area contributed by atoms with Crippen molar-refractivity contribution in [3.8, 4) is 0 Å². The summed E-state index contributed by atoms with van der Waals surface area (Å²) in [6, 6.07) is 8.94. The van der Waals surface area contributed by atoms with Crippen LogP contribution in [0.4, 0.5) is 17.1 Å². The number of ether oxygens (including phenoxy) is 1. The SMILES string of the molecule is C1CCOC1.CCN1c2c(cc(Br)c3[nH]ccc23)C(C)(C)C1C.CCN1c2cc([N+](=O)[O-])c(Br)cc2C(C)(C)C1C.[CH-]=C.[Cl-].[Mg+2]. The summed E-state index contributed by atoms with van der Waals surface area (Å²) in [5.74, 6) is 0. The van der Waals surface area contributed by atoms with Crippen molar-refractivity contribution in [1.82, 2.24) is 4.98 Å². The third kappa shape index (κ3) is 8.05. The first-order chi connectivity index (χ1) is 20.3. The molecule has 2 unspecified atom stereocenters. The normalized spacial score (nSPS) is 19.8. The third-order valence-corrected chi connectivity index (χ3v) is 10.8. The molecule has 0 saturated carbocycles. The van der Waals surface area contributed by atoms with Crippen molar-refractivity contribution in [2.45, 2.75) is 91.1 Å². The van der Waals surface area contributed by atoms with E-state index in [-0.39, 0.29) is 56.9 Å². The second-order valence-corrected chi connectivity index (χ2v) is 14.0. The number of nitro benzene ring substituents is 1. The maximum absolute atomic E-state index is 11.0. The quantitative estimate of drug-likeness (QED) is 0.146. The van der Waals surface area contributed by atoms with Crippen molar-refractivity contribution in [2.24, 2.45) is 0 Å². The minimum Gasteiger partial charge on any atom is -1.00 e. The maximum Gasteiger partial charge on any atom is 2.00 e. The predicted molar refractivity (Wildman–Crippen MR) is 194 cm³/mol. The maximum atomic E-state index is 11.0. The fourth-order valence-corrected chi connectivity index (χ4v) is 7.48. The molecule has 11 heteroatoms. The van der Waals surface area contributed by atoms with Crippen molar-refractivity contribution < 1.29 is 22.1 Å². The van der Waals surface area contributed by atoms with Crippen LogP contribution in [0.1, 0.15) is 79.4 Å². The molecule has 244 valence electrons. The summed E-state index contributed by atoms with van der Waals surface area (Å²) in [5.41, 5.74) is 6.57. The summed E-state index contributed by atoms with van der Waals surface area (Å²) >= 11 is 7.00. The second-order valence-electron chi connectivity index (χ2n) is 12.3. The standard InChI is InChI=1S/C15H19BrN2.C13H17BrN2O2.C4H8O.C2H3.ClH.Mg/c1-5-18-9(2)15(3,4)11-8-12(16)13-10(14(11)18)6-7-17-13;1-5-15-8(2)13(3,4)9-6-10(14)12(16(17)18)7-11(9)15;1-2-4-5-3-1;1-2;;/h6-9,17H,5H2,1-4H3;6-8H,5H2,1-4H3;1-4H2;1H,2H2;1H;/q;;;-1;;+2/p-1. The number of H-pyrrole nitrogens is 1. The first-order valence-electron chi connectivity index (χ1n) is 15.1. The Balaban J connectivity index is 0.000000358. The van der Waals surface area contributed by atoms with Crippen molar-refractivity contribution in [1.29, 1.82) is 0 Å². The average Bonchev–Trinajstić information content (AvgIpc) is 3.77. The van der Waals surface area contributed by atoms with E-state index in [1.165, 1.54) is 45.0 Å². The molecule has 1 aromatic heterocycles.